The SMILES string of the molecule is COc1ccc(CN(C(=O)OC(C)(C)C)c2nc(N=C(c3ccccc3)c3ccccc3)cc3c2ncn3C)cc1. The molecule has 0 radical (unpaired) electrons. The van der Waals surface area contributed by atoms with Crippen molar-refractivity contribution in [3.63, 3.8) is 0 Å². The highest BCUT2D eigenvalue weighted by Gasteiger charge is 2.28. The molecule has 2 aromatic heterocycles. The van der Waals surface area contributed by atoms with Gasteiger partial charge in [0.05, 0.1) is 31.2 Å². The first-order valence-corrected chi connectivity index (χ1v) is 13.4. The van der Waals surface area contributed by atoms with Crippen molar-refractivity contribution in [3.05, 3.63) is 114 Å². The zero-order valence-corrected chi connectivity index (χ0v) is 23.9. The van der Waals surface area contributed by atoms with Crippen molar-refractivity contribution in [1.82, 2.24) is 14.5 Å². The van der Waals surface area contributed by atoms with Crippen molar-refractivity contribution in [3.8, 4) is 5.75 Å². The van der Waals surface area contributed by atoms with Crippen LogP contribution in [0.5, 0.6) is 5.75 Å². The summed E-state index contributed by atoms with van der Waals surface area (Å²) in [6, 6.07) is 29.4. The van der Waals surface area contributed by atoms with Crippen LogP contribution in [0.3, 0.4) is 0 Å². The van der Waals surface area contributed by atoms with Gasteiger partial charge in [-0.15, -0.1) is 0 Å². The lowest BCUT2D eigenvalue weighted by Crippen LogP contribution is -2.37. The molecule has 0 saturated heterocycles. The van der Waals surface area contributed by atoms with E-state index in [2.05, 4.69) is 4.98 Å². The number of aromatic nitrogens is 3. The van der Waals surface area contributed by atoms with Gasteiger partial charge >= 0.3 is 6.09 Å². The predicted molar refractivity (Wildman–Crippen MR) is 162 cm³/mol. The molecule has 0 N–H and O–H groups in total. The van der Waals surface area contributed by atoms with E-state index in [1.807, 2.05) is 123 Å². The number of aryl methyl sites for hydroxylation is 1. The fourth-order valence-corrected chi connectivity index (χ4v) is 4.40. The van der Waals surface area contributed by atoms with Gasteiger partial charge in [-0.2, -0.15) is 0 Å². The zero-order chi connectivity index (χ0) is 29.0. The third kappa shape index (κ3) is 6.44. The molecule has 0 saturated carbocycles. The fraction of sp³-hybridized carbons (Fsp3) is 0.212. The van der Waals surface area contributed by atoms with Gasteiger partial charge in [0, 0.05) is 24.2 Å². The Labute approximate surface area is 239 Å². The number of hydrogen-bond acceptors (Lipinski definition) is 6. The number of benzene rings is 3. The summed E-state index contributed by atoms with van der Waals surface area (Å²) in [6.07, 6.45) is 1.18. The molecule has 0 aliphatic heterocycles. The number of carbonyl (C=O) groups is 1. The summed E-state index contributed by atoms with van der Waals surface area (Å²) in [5.41, 5.74) is 4.21. The highest BCUT2D eigenvalue weighted by Crippen LogP contribution is 2.31. The van der Waals surface area contributed by atoms with Gasteiger partial charge in [-0.3, -0.25) is 4.90 Å². The number of methoxy groups -OCH3 is 1. The summed E-state index contributed by atoms with van der Waals surface area (Å²) in [7, 11) is 3.53. The molecule has 0 aliphatic rings. The van der Waals surface area contributed by atoms with E-state index in [-0.39, 0.29) is 6.54 Å². The molecule has 0 spiro atoms. The summed E-state index contributed by atoms with van der Waals surface area (Å²) < 4.78 is 13.0. The second-order valence-corrected chi connectivity index (χ2v) is 10.6. The number of amides is 1. The molecule has 8 heteroatoms. The van der Waals surface area contributed by atoms with Gasteiger partial charge in [0.2, 0.25) is 0 Å². The summed E-state index contributed by atoms with van der Waals surface area (Å²) in [5.74, 6) is 1.54. The highest BCUT2D eigenvalue weighted by molar-refractivity contribution is 6.14. The summed E-state index contributed by atoms with van der Waals surface area (Å²) in [5, 5.41) is 0. The Morgan fingerprint density at radius 1 is 0.927 bits per heavy atom. The molecule has 0 atom stereocenters. The number of ether oxygens (including phenoxy) is 2. The Kier molecular flexibility index (Phi) is 7.83. The Balaban J connectivity index is 1.68. The van der Waals surface area contributed by atoms with Crippen molar-refractivity contribution >= 4 is 34.5 Å². The molecule has 5 rings (SSSR count). The van der Waals surface area contributed by atoms with Gasteiger partial charge in [-0.1, -0.05) is 72.8 Å². The zero-order valence-electron chi connectivity index (χ0n) is 23.9. The molecule has 41 heavy (non-hydrogen) atoms. The number of rotatable bonds is 7. The molecule has 2 heterocycles. The van der Waals surface area contributed by atoms with Gasteiger partial charge in [-0.05, 0) is 38.5 Å². The van der Waals surface area contributed by atoms with Crippen LogP contribution in [-0.2, 0) is 18.3 Å². The predicted octanol–water partition coefficient (Wildman–Crippen LogP) is 7.09. The number of fused-ring (bicyclic) bond motifs is 1. The molecule has 0 fully saturated rings. The Bertz CT molecular complexity index is 1630. The minimum atomic E-state index is -0.706. The molecule has 8 nitrogen and oxygen atoms in total. The fourth-order valence-electron chi connectivity index (χ4n) is 4.40. The summed E-state index contributed by atoms with van der Waals surface area (Å²) in [4.78, 5) is 29.8. The molecule has 0 unspecified atom stereocenters. The quantitative estimate of drug-likeness (QED) is 0.203. The van der Waals surface area contributed by atoms with E-state index in [0.29, 0.717) is 17.2 Å². The van der Waals surface area contributed by atoms with Crippen LogP contribution >= 0.6 is 0 Å². The van der Waals surface area contributed by atoms with E-state index in [9.17, 15) is 4.79 Å². The smallest absolute Gasteiger partial charge is 0.416 e. The highest BCUT2D eigenvalue weighted by atomic mass is 16.6. The number of hydrogen-bond donors (Lipinski definition) is 0. The molecular formula is C33H33N5O3. The minimum Gasteiger partial charge on any atom is -0.497 e. The number of imidazole rings is 1. The third-order valence-electron chi connectivity index (χ3n) is 6.37. The minimum absolute atomic E-state index is 0.217. The number of aliphatic imine (C=N–C) groups is 1. The van der Waals surface area contributed by atoms with Crippen LogP contribution < -0.4 is 9.64 Å². The van der Waals surface area contributed by atoms with Crippen LogP contribution in [0, 0.1) is 0 Å². The molecule has 1 amide bonds. The molecule has 0 aliphatic carbocycles. The second kappa shape index (κ2) is 11.6. The lowest BCUT2D eigenvalue weighted by molar-refractivity contribution is 0.0576. The normalized spacial score (nSPS) is 11.2. The first-order valence-electron chi connectivity index (χ1n) is 13.4. The standard InChI is InChI=1S/C33H33N5O3/c1-33(2,3)41-32(39)38(21-23-16-18-26(40-5)19-17-23)31-30-27(37(4)22-34-30)20-28(36-31)35-29(24-12-8-6-9-13-24)25-14-10-7-11-15-25/h6-20,22H,21H2,1-5H3. The van der Waals surface area contributed by atoms with Gasteiger partial charge in [0.15, 0.2) is 11.6 Å². The van der Waals surface area contributed by atoms with Crippen LogP contribution in [0.25, 0.3) is 11.0 Å². The van der Waals surface area contributed by atoms with E-state index in [1.54, 1.807) is 13.4 Å². The van der Waals surface area contributed by atoms with Crippen LogP contribution in [-0.4, -0.2) is 39.1 Å². The van der Waals surface area contributed by atoms with E-state index >= 15 is 0 Å². The Hall–Kier alpha value is -4.98. The number of nitrogens with zero attached hydrogens (tertiary/aromatic N) is 5. The maximum Gasteiger partial charge on any atom is 0.416 e. The molecule has 208 valence electrons. The lowest BCUT2D eigenvalue weighted by Gasteiger charge is -2.27. The first-order chi connectivity index (χ1) is 19.7. The van der Waals surface area contributed by atoms with Crippen molar-refractivity contribution in [1.29, 1.82) is 0 Å². The van der Waals surface area contributed by atoms with Gasteiger partial charge in [-0.25, -0.2) is 19.8 Å². The van der Waals surface area contributed by atoms with E-state index in [0.717, 1.165) is 33.7 Å². The monoisotopic (exact) mass is 547 g/mol. The van der Waals surface area contributed by atoms with Gasteiger partial charge < -0.3 is 14.0 Å². The third-order valence-corrected chi connectivity index (χ3v) is 6.37. The van der Waals surface area contributed by atoms with E-state index in [4.69, 9.17) is 19.5 Å². The molecular weight excluding hydrogens is 514 g/mol. The average Bonchev–Trinajstić information content (AvgIpc) is 3.35. The van der Waals surface area contributed by atoms with E-state index in [1.165, 1.54) is 4.90 Å². The first kappa shape index (κ1) is 27.6. The number of pyridine rings is 1. The molecule has 0 bridgehead atoms. The van der Waals surface area contributed by atoms with Crippen LogP contribution in [0.4, 0.5) is 16.4 Å². The average molecular weight is 548 g/mol. The Morgan fingerprint density at radius 2 is 1.54 bits per heavy atom. The second-order valence-electron chi connectivity index (χ2n) is 10.6. The van der Waals surface area contributed by atoms with Crippen molar-refractivity contribution in [2.45, 2.75) is 32.9 Å². The van der Waals surface area contributed by atoms with Gasteiger partial charge in [0.25, 0.3) is 0 Å². The topological polar surface area (TPSA) is 81.8 Å². The summed E-state index contributed by atoms with van der Waals surface area (Å²) >= 11 is 0. The number of carbonyl (C=O) groups excluding carboxylic acids is 1. The molecule has 3 aromatic carbocycles. The van der Waals surface area contributed by atoms with Gasteiger partial charge in [0.1, 0.15) is 16.9 Å². The van der Waals surface area contributed by atoms with Crippen molar-refractivity contribution < 1.29 is 14.3 Å². The number of anilines is 1. The largest absolute Gasteiger partial charge is 0.497 e. The van der Waals surface area contributed by atoms with Crippen LogP contribution in [0.2, 0.25) is 0 Å². The maximum atomic E-state index is 13.7. The maximum absolute atomic E-state index is 13.7. The Morgan fingerprint density at radius 3 is 2.10 bits per heavy atom. The summed E-state index contributed by atoms with van der Waals surface area (Å²) in [6.45, 7) is 5.74. The van der Waals surface area contributed by atoms with Crippen LogP contribution in [0.15, 0.2) is 102 Å². The van der Waals surface area contributed by atoms with Crippen molar-refractivity contribution in [2.24, 2.45) is 12.0 Å². The van der Waals surface area contributed by atoms with Crippen LogP contribution in [0.1, 0.15) is 37.5 Å². The van der Waals surface area contributed by atoms with E-state index < -0.39 is 11.7 Å². The molecule has 5 aromatic rings. The van der Waals surface area contributed by atoms with Crippen molar-refractivity contribution in [2.75, 3.05) is 12.0 Å². The lowest BCUT2D eigenvalue weighted by atomic mass is 10.0.